The summed E-state index contributed by atoms with van der Waals surface area (Å²) in [7, 11) is -3.76. The first-order valence-corrected chi connectivity index (χ1v) is 9.96. The first-order chi connectivity index (χ1) is 12.8. The predicted molar refractivity (Wildman–Crippen MR) is 108 cm³/mol. The smallest absolute Gasteiger partial charge is 0.261 e. The van der Waals surface area contributed by atoms with Crippen LogP contribution in [-0.4, -0.2) is 14.3 Å². The van der Waals surface area contributed by atoms with E-state index in [0.717, 1.165) is 5.56 Å². The molecule has 0 aliphatic rings. The molecule has 2 N–H and O–H groups in total. The Bertz CT molecular complexity index is 1060. The van der Waals surface area contributed by atoms with Crippen molar-refractivity contribution in [2.75, 3.05) is 10.0 Å². The molecule has 0 aliphatic carbocycles. The summed E-state index contributed by atoms with van der Waals surface area (Å²) >= 11 is 5.80. The van der Waals surface area contributed by atoms with Gasteiger partial charge in [0.2, 0.25) is 0 Å². The molecular formula is C20H17ClN2O3S. The van der Waals surface area contributed by atoms with Crippen LogP contribution in [0.25, 0.3) is 0 Å². The number of anilines is 2. The number of amides is 1. The Hall–Kier alpha value is -2.83. The molecule has 0 saturated heterocycles. The van der Waals surface area contributed by atoms with Crippen molar-refractivity contribution in [2.45, 2.75) is 11.8 Å². The summed E-state index contributed by atoms with van der Waals surface area (Å²) < 4.78 is 27.4. The molecule has 3 rings (SSSR count). The minimum atomic E-state index is -3.76. The normalized spacial score (nSPS) is 11.0. The van der Waals surface area contributed by atoms with Crippen LogP contribution < -0.4 is 10.0 Å². The maximum absolute atomic E-state index is 12.5. The summed E-state index contributed by atoms with van der Waals surface area (Å²) in [6, 6.07) is 19.5. The van der Waals surface area contributed by atoms with Crippen molar-refractivity contribution in [1.82, 2.24) is 0 Å². The molecule has 0 aliphatic heterocycles. The van der Waals surface area contributed by atoms with Crippen molar-refractivity contribution in [3.05, 3.63) is 88.9 Å². The van der Waals surface area contributed by atoms with Gasteiger partial charge in [0.15, 0.2) is 0 Å². The Kier molecular flexibility index (Phi) is 5.48. The lowest BCUT2D eigenvalue weighted by atomic mass is 10.2. The number of hydrogen-bond acceptors (Lipinski definition) is 3. The van der Waals surface area contributed by atoms with Crippen molar-refractivity contribution >= 4 is 38.9 Å². The lowest BCUT2D eigenvalue weighted by Gasteiger charge is -2.09. The van der Waals surface area contributed by atoms with E-state index in [1.54, 1.807) is 30.3 Å². The van der Waals surface area contributed by atoms with Gasteiger partial charge in [-0.3, -0.25) is 9.52 Å². The monoisotopic (exact) mass is 400 g/mol. The summed E-state index contributed by atoms with van der Waals surface area (Å²) in [6.07, 6.45) is 0. The SMILES string of the molecule is Cc1cccc(NC(=O)c2ccc(S(=O)(=O)Nc3ccc(Cl)cc3)cc2)c1. The third kappa shape index (κ3) is 4.87. The molecule has 0 spiro atoms. The molecule has 7 heteroatoms. The van der Waals surface area contributed by atoms with Crippen LogP contribution in [0.3, 0.4) is 0 Å². The maximum Gasteiger partial charge on any atom is 0.261 e. The molecule has 3 aromatic carbocycles. The fourth-order valence-electron chi connectivity index (χ4n) is 2.44. The van der Waals surface area contributed by atoms with E-state index in [2.05, 4.69) is 10.0 Å². The van der Waals surface area contributed by atoms with Gasteiger partial charge in [-0.05, 0) is 73.2 Å². The molecule has 0 heterocycles. The van der Waals surface area contributed by atoms with Crippen LogP contribution in [0.5, 0.6) is 0 Å². The van der Waals surface area contributed by atoms with Crippen molar-refractivity contribution in [3.63, 3.8) is 0 Å². The Morgan fingerprint density at radius 3 is 2.19 bits per heavy atom. The number of sulfonamides is 1. The summed E-state index contributed by atoms with van der Waals surface area (Å²) in [5.74, 6) is -0.310. The zero-order valence-corrected chi connectivity index (χ0v) is 16.0. The number of rotatable bonds is 5. The van der Waals surface area contributed by atoms with E-state index >= 15 is 0 Å². The number of aryl methyl sites for hydroxylation is 1. The van der Waals surface area contributed by atoms with E-state index in [0.29, 0.717) is 22.0 Å². The molecule has 27 heavy (non-hydrogen) atoms. The quantitative estimate of drug-likeness (QED) is 0.651. The standard InChI is InChI=1S/C20H17ClN2O3S/c1-14-3-2-4-18(13-14)22-20(24)15-5-11-19(12-6-15)27(25,26)23-17-9-7-16(21)8-10-17/h2-13,23H,1H3,(H,22,24). The van der Waals surface area contributed by atoms with Gasteiger partial charge in [0, 0.05) is 22.0 Å². The molecule has 5 nitrogen and oxygen atoms in total. The van der Waals surface area contributed by atoms with Gasteiger partial charge < -0.3 is 5.32 Å². The van der Waals surface area contributed by atoms with Crippen LogP contribution >= 0.6 is 11.6 Å². The van der Waals surface area contributed by atoms with Crippen molar-refractivity contribution < 1.29 is 13.2 Å². The first-order valence-electron chi connectivity index (χ1n) is 8.10. The van der Waals surface area contributed by atoms with E-state index in [-0.39, 0.29) is 10.8 Å². The number of nitrogens with one attached hydrogen (secondary N) is 2. The van der Waals surface area contributed by atoms with Crippen LogP contribution in [0.2, 0.25) is 5.02 Å². The zero-order chi connectivity index (χ0) is 19.4. The first kappa shape index (κ1) is 18.9. The predicted octanol–water partition coefficient (Wildman–Crippen LogP) is 4.70. The van der Waals surface area contributed by atoms with E-state index in [4.69, 9.17) is 11.6 Å². The minimum Gasteiger partial charge on any atom is -0.322 e. The summed E-state index contributed by atoms with van der Waals surface area (Å²) in [6.45, 7) is 1.93. The highest BCUT2D eigenvalue weighted by Gasteiger charge is 2.15. The van der Waals surface area contributed by atoms with Gasteiger partial charge in [-0.25, -0.2) is 8.42 Å². The van der Waals surface area contributed by atoms with Gasteiger partial charge >= 0.3 is 0 Å². The van der Waals surface area contributed by atoms with Crippen LogP contribution in [0.1, 0.15) is 15.9 Å². The second-order valence-electron chi connectivity index (χ2n) is 5.96. The Balaban J connectivity index is 1.73. The van der Waals surface area contributed by atoms with Crippen molar-refractivity contribution in [2.24, 2.45) is 0 Å². The molecule has 0 unspecified atom stereocenters. The van der Waals surface area contributed by atoms with Crippen LogP contribution in [0, 0.1) is 6.92 Å². The summed E-state index contributed by atoms with van der Waals surface area (Å²) in [4.78, 5) is 12.4. The Labute approximate surface area is 163 Å². The highest BCUT2D eigenvalue weighted by Crippen LogP contribution is 2.19. The third-order valence-electron chi connectivity index (χ3n) is 3.80. The van der Waals surface area contributed by atoms with E-state index in [1.165, 1.54) is 24.3 Å². The van der Waals surface area contributed by atoms with Crippen molar-refractivity contribution in [3.8, 4) is 0 Å². The van der Waals surface area contributed by atoms with E-state index in [9.17, 15) is 13.2 Å². The molecule has 138 valence electrons. The largest absolute Gasteiger partial charge is 0.322 e. The molecular weight excluding hydrogens is 384 g/mol. The van der Waals surface area contributed by atoms with Crippen LogP contribution in [-0.2, 0) is 10.0 Å². The highest BCUT2D eigenvalue weighted by atomic mass is 35.5. The molecule has 0 atom stereocenters. The fourth-order valence-corrected chi connectivity index (χ4v) is 3.63. The molecule has 0 radical (unpaired) electrons. The van der Waals surface area contributed by atoms with Gasteiger partial charge in [-0.1, -0.05) is 23.7 Å². The lowest BCUT2D eigenvalue weighted by molar-refractivity contribution is 0.102. The second kappa shape index (κ2) is 7.82. The Morgan fingerprint density at radius 2 is 1.56 bits per heavy atom. The van der Waals surface area contributed by atoms with Crippen LogP contribution in [0.15, 0.2) is 77.7 Å². The van der Waals surface area contributed by atoms with Crippen LogP contribution in [0.4, 0.5) is 11.4 Å². The molecule has 0 saturated carbocycles. The second-order valence-corrected chi connectivity index (χ2v) is 8.08. The number of halogens is 1. The fraction of sp³-hybridized carbons (Fsp3) is 0.0500. The molecule has 1 amide bonds. The van der Waals surface area contributed by atoms with Gasteiger partial charge in [-0.15, -0.1) is 0 Å². The average molecular weight is 401 g/mol. The number of benzene rings is 3. The molecule has 0 fully saturated rings. The number of hydrogen-bond donors (Lipinski definition) is 2. The van der Waals surface area contributed by atoms with Gasteiger partial charge in [0.1, 0.15) is 0 Å². The molecule has 0 bridgehead atoms. The minimum absolute atomic E-state index is 0.0598. The van der Waals surface area contributed by atoms with Crippen molar-refractivity contribution in [1.29, 1.82) is 0 Å². The maximum atomic E-state index is 12.5. The Morgan fingerprint density at radius 1 is 0.889 bits per heavy atom. The lowest BCUT2D eigenvalue weighted by Crippen LogP contribution is -2.14. The van der Waals surface area contributed by atoms with E-state index in [1.807, 2.05) is 25.1 Å². The molecule has 0 aromatic heterocycles. The van der Waals surface area contributed by atoms with Gasteiger partial charge in [0.05, 0.1) is 4.90 Å². The van der Waals surface area contributed by atoms with Gasteiger partial charge in [-0.2, -0.15) is 0 Å². The van der Waals surface area contributed by atoms with Gasteiger partial charge in [0.25, 0.3) is 15.9 Å². The average Bonchev–Trinajstić information content (AvgIpc) is 2.63. The zero-order valence-electron chi connectivity index (χ0n) is 14.4. The molecule has 3 aromatic rings. The summed E-state index contributed by atoms with van der Waals surface area (Å²) in [5, 5.41) is 3.30. The number of carbonyl (C=O) groups is 1. The van der Waals surface area contributed by atoms with E-state index < -0.39 is 10.0 Å². The summed E-state index contributed by atoms with van der Waals surface area (Å²) in [5.41, 5.74) is 2.48. The topological polar surface area (TPSA) is 75.3 Å². The highest BCUT2D eigenvalue weighted by molar-refractivity contribution is 7.92. The number of carbonyl (C=O) groups excluding carboxylic acids is 1. The third-order valence-corrected chi connectivity index (χ3v) is 5.45.